The summed E-state index contributed by atoms with van der Waals surface area (Å²) in [5.41, 5.74) is 1.39. The zero-order chi connectivity index (χ0) is 20.1. The van der Waals surface area contributed by atoms with Crippen LogP contribution in [0.4, 0.5) is 5.69 Å². The fourth-order valence-electron chi connectivity index (χ4n) is 2.54. The Balaban J connectivity index is 1.58. The molecule has 0 atom stereocenters. The SMILES string of the molecule is Cn1cnnc1-c1cccc(NC(=O)CCNS(=O)(=O)c2ccccc2Cl)c1. The molecule has 0 unspecified atom stereocenters. The van der Waals surface area contributed by atoms with E-state index in [9.17, 15) is 13.2 Å². The van der Waals surface area contributed by atoms with Crippen molar-refractivity contribution >= 4 is 33.2 Å². The minimum Gasteiger partial charge on any atom is -0.326 e. The van der Waals surface area contributed by atoms with Crippen LogP contribution in [0, 0.1) is 0 Å². The van der Waals surface area contributed by atoms with E-state index in [4.69, 9.17) is 11.6 Å². The van der Waals surface area contributed by atoms with Crippen LogP contribution in [0.5, 0.6) is 0 Å². The molecule has 0 spiro atoms. The molecule has 0 bridgehead atoms. The van der Waals surface area contributed by atoms with E-state index >= 15 is 0 Å². The number of aryl methyl sites for hydroxylation is 1. The molecule has 1 aromatic heterocycles. The Morgan fingerprint density at radius 2 is 1.96 bits per heavy atom. The molecule has 2 N–H and O–H groups in total. The number of nitrogens with zero attached hydrogens (tertiary/aromatic N) is 3. The van der Waals surface area contributed by atoms with Crippen LogP contribution >= 0.6 is 11.6 Å². The number of carbonyl (C=O) groups is 1. The van der Waals surface area contributed by atoms with Gasteiger partial charge in [-0.15, -0.1) is 10.2 Å². The van der Waals surface area contributed by atoms with Crippen LogP contribution in [0.25, 0.3) is 11.4 Å². The van der Waals surface area contributed by atoms with E-state index in [-0.39, 0.29) is 28.8 Å². The van der Waals surface area contributed by atoms with E-state index < -0.39 is 10.0 Å². The number of amides is 1. The van der Waals surface area contributed by atoms with Crippen molar-refractivity contribution in [3.63, 3.8) is 0 Å². The van der Waals surface area contributed by atoms with Gasteiger partial charge in [-0.05, 0) is 24.3 Å². The average molecular weight is 420 g/mol. The number of halogens is 1. The number of benzene rings is 2. The molecule has 2 aromatic carbocycles. The molecule has 28 heavy (non-hydrogen) atoms. The third kappa shape index (κ3) is 4.75. The first-order valence-corrected chi connectivity index (χ1v) is 10.2. The standard InChI is InChI=1S/C18H18ClN5O3S/c1-24-12-20-23-18(24)13-5-4-6-14(11-13)22-17(25)9-10-21-28(26,27)16-8-3-2-7-15(16)19/h2-8,11-12,21H,9-10H2,1H3,(H,22,25). The Hall–Kier alpha value is -2.75. The van der Waals surface area contributed by atoms with Crippen molar-refractivity contribution in [2.24, 2.45) is 7.05 Å². The first kappa shape index (κ1) is 20.0. The molecule has 0 aliphatic heterocycles. The van der Waals surface area contributed by atoms with E-state index in [0.29, 0.717) is 11.5 Å². The quantitative estimate of drug-likeness (QED) is 0.611. The highest BCUT2D eigenvalue weighted by Gasteiger charge is 2.17. The monoisotopic (exact) mass is 419 g/mol. The highest BCUT2D eigenvalue weighted by molar-refractivity contribution is 7.89. The van der Waals surface area contributed by atoms with Crippen molar-refractivity contribution in [2.75, 3.05) is 11.9 Å². The van der Waals surface area contributed by atoms with Crippen molar-refractivity contribution in [1.82, 2.24) is 19.5 Å². The Bertz CT molecular complexity index is 1100. The van der Waals surface area contributed by atoms with Gasteiger partial charge in [-0.3, -0.25) is 4.79 Å². The van der Waals surface area contributed by atoms with Crippen molar-refractivity contribution in [1.29, 1.82) is 0 Å². The molecule has 0 saturated heterocycles. The first-order chi connectivity index (χ1) is 13.4. The predicted octanol–water partition coefficient (Wildman–Crippen LogP) is 2.44. The van der Waals surface area contributed by atoms with Crippen molar-refractivity contribution in [3.05, 3.63) is 59.9 Å². The molecule has 146 valence electrons. The largest absolute Gasteiger partial charge is 0.326 e. The Morgan fingerprint density at radius 1 is 1.18 bits per heavy atom. The van der Waals surface area contributed by atoms with Crippen LogP contribution in [0.15, 0.2) is 59.8 Å². The first-order valence-electron chi connectivity index (χ1n) is 8.35. The number of hydrogen-bond acceptors (Lipinski definition) is 5. The summed E-state index contributed by atoms with van der Waals surface area (Å²) >= 11 is 5.92. The molecule has 0 radical (unpaired) electrons. The lowest BCUT2D eigenvalue weighted by Gasteiger charge is -2.09. The van der Waals surface area contributed by atoms with Gasteiger partial charge < -0.3 is 9.88 Å². The van der Waals surface area contributed by atoms with E-state index in [0.717, 1.165) is 5.56 Å². The summed E-state index contributed by atoms with van der Waals surface area (Å²) in [6.07, 6.45) is 1.56. The molecule has 1 amide bonds. The molecule has 8 nitrogen and oxygen atoms in total. The molecule has 3 rings (SSSR count). The number of aromatic nitrogens is 3. The fourth-order valence-corrected chi connectivity index (χ4v) is 4.09. The third-order valence-corrected chi connectivity index (χ3v) is 5.85. The minimum atomic E-state index is -3.78. The lowest BCUT2D eigenvalue weighted by molar-refractivity contribution is -0.116. The summed E-state index contributed by atoms with van der Waals surface area (Å²) in [5.74, 6) is 0.348. The molecule has 0 aliphatic rings. The van der Waals surface area contributed by atoms with Gasteiger partial charge in [0.2, 0.25) is 15.9 Å². The van der Waals surface area contributed by atoms with Crippen LogP contribution in [0.1, 0.15) is 6.42 Å². The summed E-state index contributed by atoms with van der Waals surface area (Å²) < 4.78 is 28.7. The minimum absolute atomic E-state index is 0.0200. The highest BCUT2D eigenvalue weighted by atomic mass is 35.5. The van der Waals surface area contributed by atoms with Crippen LogP contribution in [-0.2, 0) is 21.9 Å². The second-order valence-electron chi connectivity index (χ2n) is 5.97. The van der Waals surface area contributed by atoms with Crippen LogP contribution in [0.3, 0.4) is 0 Å². The Labute approximate surface area is 167 Å². The summed E-state index contributed by atoms with van der Waals surface area (Å²) in [6, 6.07) is 13.3. The lowest BCUT2D eigenvalue weighted by atomic mass is 10.2. The Morgan fingerprint density at radius 3 is 2.68 bits per heavy atom. The number of carbonyl (C=O) groups excluding carboxylic acids is 1. The molecule has 1 heterocycles. The van der Waals surface area contributed by atoms with Crippen molar-refractivity contribution < 1.29 is 13.2 Å². The van der Waals surface area contributed by atoms with Gasteiger partial charge in [0.05, 0.1) is 5.02 Å². The number of sulfonamides is 1. The van der Waals surface area contributed by atoms with E-state index in [2.05, 4.69) is 20.2 Å². The molecule has 0 fully saturated rings. The van der Waals surface area contributed by atoms with E-state index in [1.165, 1.54) is 12.1 Å². The zero-order valence-corrected chi connectivity index (χ0v) is 16.5. The predicted molar refractivity (Wildman–Crippen MR) is 106 cm³/mol. The average Bonchev–Trinajstić information content (AvgIpc) is 3.08. The topological polar surface area (TPSA) is 106 Å². The number of hydrogen-bond donors (Lipinski definition) is 2. The smallest absolute Gasteiger partial charge is 0.242 e. The number of anilines is 1. The van der Waals surface area contributed by atoms with Gasteiger partial charge in [0.1, 0.15) is 11.2 Å². The summed E-state index contributed by atoms with van der Waals surface area (Å²) in [4.78, 5) is 12.1. The maximum atomic E-state index is 12.3. The summed E-state index contributed by atoms with van der Waals surface area (Å²) in [6.45, 7) is -0.0532. The van der Waals surface area contributed by atoms with Gasteiger partial charge in [0.25, 0.3) is 0 Å². The van der Waals surface area contributed by atoms with Gasteiger partial charge in [0, 0.05) is 31.3 Å². The van der Waals surface area contributed by atoms with Crippen LogP contribution < -0.4 is 10.0 Å². The second-order valence-corrected chi connectivity index (χ2v) is 8.12. The Kier molecular flexibility index (Phi) is 6.08. The van der Waals surface area contributed by atoms with Gasteiger partial charge in [-0.25, -0.2) is 13.1 Å². The van der Waals surface area contributed by atoms with Crippen LogP contribution in [0.2, 0.25) is 5.02 Å². The van der Waals surface area contributed by atoms with Gasteiger partial charge >= 0.3 is 0 Å². The molecular formula is C18H18ClN5O3S. The molecule has 0 saturated carbocycles. The zero-order valence-electron chi connectivity index (χ0n) is 15.0. The summed E-state index contributed by atoms with van der Waals surface area (Å²) in [5, 5.41) is 10.7. The molecule has 3 aromatic rings. The molecular weight excluding hydrogens is 402 g/mol. The van der Waals surface area contributed by atoms with Gasteiger partial charge in [-0.2, -0.15) is 0 Å². The fraction of sp³-hybridized carbons (Fsp3) is 0.167. The van der Waals surface area contributed by atoms with Gasteiger partial charge in [0.15, 0.2) is 5.82 Å². The lowest BCUT2D eigenvalue weighted by Crippen LogP contribution is -2.28. The molecule has 10 heteroatoms. The number of rotatable bonds is 7. The molecule has 0 aliphatic carbocycles. The van der Waals surface area contributed by atoms with Crippen LogP contribution in [-0.4, -0.2) is 35.6 Å². The van der Waals surface area contributed by atoms with Crippen molar-refractivity contribution in [3.8, 4) is 11.4 Å². The maximum Gasteiger partial charge on any atom is 0.242 e. The van der Waals surface area contributed by atoms with E-state index in [1.54, 1.807) is 41.2 Å². The third-order valence-electron chi connectivity index (χ3n) is 3.89. The normalized spacial score (nSPS) is 11.4. The van der Waals surface area contributed by atoms with Gasteiger partial charge in [-0.1, -0.05) is 35.9 Å². The summed E-state index contributed by atoms with van der Waals surface area (Å²) in [7, 11) is -1.96. The van der Waals surface area contributed by atoms with E-state index in [1.807, 2.05) is 13.1 Å². The number of nitrogens with one attached hydrogen (secondary N) is 2. The van der Waals surface area contributed by atoms with Crippen molar-refractivity contribution in [2.45, 2.75) is 11.3 Å². The second kappa shape index (κ2) is 8.51. The highest BCUT2D eigenvalue weighted by Crippen LogP contribution is 2.21. The maximum absolute atomic E-state index is 12.3.